The van der Waals surface area contributed by atoms with Gasteiger partial charge in [-0.15, -0.1) is 0 Å². The summed E-state index contributed by atoms with van der Waals surface area (Å²) in [5.74, 6) is 0. The SMILES string of the molecule is c1ccc(-n2c3ccccc3c3cc4c(cc32)c2ccccc2n4-c2cc3oc4cccc5c6ccccc6c(c2)c3c45)cc1. The van der Waals surface area contributed by atoms with Crippen molar-refractivity contribution in [2.45, 2.75) is 0 Å². The molecule has 0 aliphatic carbocycles. The normalized spacial score (nSPS) is 12.4. The van der Waals surface area contributed by atoms with Gasteiger partial charge in [-0.25, -0.2) is 0 Å². The van der Waals surface area contributed by atoms with Crippen LogP contribution in [0, 0.1) is 0 Å². The molecular weight excluding hydrogens is 548 g/mol. The minimum atomic E-state index is 0.923. The molecule has 0 aliphatic heterocycles. The first kappa shape index (κ1) is 23.4. The van der Waals surface area contributed by atoms with E-state index in [4.69, 9.17) is 4.42 Å². The molecule has 0 N–H and O–H groups in total. The monoisotopic (exact) mass is 572 g/mol. The Balaban J connectivity index is 1.31. The average molecular weight is 573 g/mol. The highest BCUT2D eigenvalue weighted by Gasteiger charge is 2.21. The molecule has 8 aromatic carbocycles. The highest BCUT2D eigenvalue weighted by Crippen LogP contribution is 2.45. The number of aromatic nitrogens is 2. The van der Waals surface area contributed by atoms with E-state index in [1.807, 2.05) is 0 Å². The average Bonchev–Trinajstić information content (AvgIpc) is 3.74. The van der Waals surface area contributed by atoms with E-state index in [2.05, 4.69) is 155 Å². The number of hydrogen-bond donors (Lipinski definition) is 0. The highest BCUT2D eigenvalue weighted by atomic mass is 16.3. The van der Waals surface area contributed by atoms with Crippen LogP contribution in [0.5, 0.6) is 0 Å². The number of para-hydroxylation sites is 3. The highest BCUT2D eigenvalue weighted by molar-refractivity contribution is 6.33. The van der Waals surface area contributed by atoms with Gasteiger partial charge in [0.2, 0.25) is 0 Å². The third kappa shape index (κ3) is 2.95. The Kier molecular flexibility index (Phi) is 4.32. The van der Waals surface area contributed by atoms with E-state index < -0.39 is 0 Å². The van der Waals surface area contributed by atoms with E-state index in [9.17, 15) is 0 Å². The zero-order valence-corrected chi connectivity index (χ0v) is 24.2. The lowest BCUT2D eigenvalue weighted by Gasteiger charge is -2.12. The van der Waals surface area contributed by atoms with E-state index in [-0.39, 0.29) is 0 Å². The summed E-state index contributed by atoms with van der Waals surface area (Å²) < 4.78 is 11.4. The third-order valence-electron chi connectivity index (χ3n) is 9.83. The van der Waals surface area contributed by atoms with Crippen LogP contribution in [0.25, 0.3) is 98.5 Å². The van der Waals surface area contributed by atoms with Gasteiger partial charge < -0.3 is 13.6 Å². The summed E-state index contributed by atoms with van der Waals surface area (Å²) in [6.45, 7) is 0. The van der Waals surface area contributed by atoms with E-state index in [0.717, 1.165) is 16.9 Å². The second-order valence-corrected chi connectivity index (χ2v) is 12.1. The van der Waals surface area contributed by atoms with Gasteiger partial charge in [-0.05, 0) is 70.1 Å². The fourth-order valence-corrected chi connectivity index (χ4v) is 8.01. The Morgan fingerprint density at radius 2 is 0.844 bits per heavy atom. The van der Waals surface area contributed by atoms with Gasteiger partial charge in [0, 0.05) is 44.1 Å². The molecule has 208 valence electrons. The lowest BCUT2D eigenvalue weighted by atomic mass is 9.94. The predicted octanol–water partition coefficient (Wildman–Crippen LogP) is 11.5. The summed E-state index contributed by atoms with van der Waals surface area (Å²) in [6, 6.07) is 52.8. The summed E-state index contributed by atoms with van der Waals surface area (Å²) in [5, 5.41) is 12.4. The second kappa shape index (κ2) is 8.31. The Morgan fingerprint density at radius 3 is 1.53 bits per heavy atom. The van der Waals surface area contributed by atoms with Gasteiger partial charge in [-0.3, -0.25) is 0 Å². The van der Waals surface area contributed by atoms with E-state index in [1.165, 1.54) is 81.6 Å². The third-order valence-corrected chi connectivity index (χ3v) is 9.83. The largest absolute Gasteiger partial charge is 0.456 e. The summed E-state index contributed by atoms with van der Waals surface area (Å²) in [5.41, 5.74) is 8.92. The van der Waals surface area contributed by atoms with Crippen LogP contribution in [-0.2, 0) is 0 Å². The molecule has 0 radical (unpaired) electrons. The van der Waals surface area contributed by atoms with Crippen molar-refractivity contribution in [1.82, 2.24) is 9.13 Å². The molecule has 3 nitrogen and oxygen atoms in total. The molecular formula is C42H24N2O. The van der Waals surface area contributed by atoms with Crippen LogP contribution in [0.3, 0.4) is 0 Å². The maximum atomic E-state index is 6.61. The van der Waals surface area contributed by atoms with Gasteiger partial charge in [0.15, 0.2) is 0 Å². The van der Waals surface area contributed by atoms with Crippen molar-refractivity contribution < 1.29 is 4.42 Å². The number of hydrogen-bond acceptors (Lipinski definition) is 1. The lowest BCUT2D eigenvalue weighted by molar-refractivity contribution is 0.669. The zero-order valence-electron chi connectivity index (χ0n) is 24.2. The van der Waals surface area contributed by atoms with Crippen LogP contribution in [0.2, 0.25) is 0 Å². The molecule has 0 bridgehead atoms. The number of benzene rings is 8. The summed E-state index contributed by atoms with van der Waals surface area (Å²) >= 11 is 0. The van der Waals surface area contributed by atoms with Gasteiger partial charge in [0.1, 0.15) is 11.2 Å². The molecule has 3 heteroatoms. The fourth-order valence-electron chi connectivity index (χ4n) is 8.01. The van der Waals surface area contributed by atoms with E-state index in [0.29, 0.717) is 0 Å². The predicted molar refractivity (Wildman–Crippen MR) is 189 cm³/mol. The molecule has 11 rings (SSSR count). The quantitative estimate of drug-likeness (QED) is 0.189. The van der Waals surface area contributed by atoms with Crippen LogP contribution in [0.15, 0.2) is 150 Å². The van der Waals surface area contributed by atoms with Crippen LogP contribution in [0.1, 0.15) is 0 Å². The second-order valence-electron chi connectivity index (χ2n) is 12.1. The first-order valence-corrected chi connectivity index (χ1v) is 15.4. The van der Waals surface area contributed by atoms with Crippen molar-refractivity contribution in [1.29, 1.82) is 0 Å². The van der Waals surface area contributed by atoms with Gasteiger partial charge >= 0.3 is 0 Å². The van der Waals surface area contributed by atoms with Crippen molar-refractivity contribution in [3.8, 4) is 11.4 Å². The van der Waals surface area contributed by atoms with Gasteiger partial charge in [-0.1, -0.05) is 91.0 Å². The molecule has 0 atom stereocenters. The van der Waals surface area contributed by atoms with Crippen molar-refractivity contribution in [3.63, 3.8) is 0 Å². The van der Waals surface area contributed by atoms with Gasteiger partial charge in [0.05, 0.1) is 27.8 Å². The number of nitrogens with zero attached hydrogens (tertiary/aromatic N) is 2. The molecule has 3 heterocycles. The van der Waals surface area contributed by atoms with Gasteiger partial charge in [0.25, 0.3) is 0 Å². The molecule has 11 aromatic rings. The molecule has 3 aromatic heterocycles. The number of rotatable bonds is 2. The minimum Gasteiger partial charge on any atom is -0.456 e. The maximum Gasteiger partial charge on any atom is 0.138 e. The summed E-state index contributed by atoms with van der Waals surface area (Å²) in [6.07, 6.45) is 0. The number of fused-ring (bicyclic) bond motifs is 9. The van der Waals surface area contributed by atoms with Crippen molar-refractivity contribution in [2.24, 2.45) is 0 Å². The zero-order chi connectivity index (χ0) is 29.2. The van der Waals surface area contributed by atoms with Crippen LogP contribution < -0.4 is 0 Å². The van der Waals surface area contributed by atoms with Crippen LogP contribution in [-0.4, -0.2) is 9.13 Å². The standard InChI is InChI=1S/C42H24N2O/c1-2-11-25(12-3-1)43-35-18-8-6-15-29(35)32-24-38-33(23-37(32)43)30-16-7-9-19-36(30)44(38)26-21-34-28-14-5-4-13-27(28)31-17-10-20-39-41(31)42(34)40(22-26)45-39/h1-24H. The topological polar surface area (TPSA) is 23.0 Å². The minimum absolute atomic E-state index is 0.923. The summed E-state index contributed by atoms with van der Waals surface area (Å²) in [7, 11) is 0. The van der Waals surface area contributed by atoms with Crippen molar-refractivity contribution in [2.75, 3.05) is 0 Å². The van der Waals surface area contributed by atoms with E-state index in [1.54, 1.807) is 0 Å². The Bertz CT molecular complexity index is 2970. The van der Waals surface area contributed by atoms with Crippen molar-refractivity contribution >= 4 is 87.1 Å². The van der Waals surface area contributed by atoms with Crippen LogP contribution in [0.4, 0.5) is 0 Å². The molecule has 45 heavy (non-hydrogen) atoms. The Hall–Kier alpha value is -6.06. The fraction of sp³-hybridized carbons (Fsp3) is 0. The molecule has 0 aliphatic rings. The molecule has 0 fully saturated rings. The molecule has 0 saturated carbocycles. The van der Waals surface area contributed by atoms with Gasteiger partial charge in [-0.2, -0.15) is 0 Å². The first-order valence-electron chi connectivity index (χ1n) is 15.4. The smallest absolute Gasteiger partial charge is 0.138 e. The van der Waals surface area contributed by atoms with Crippen molar-refractivity contribution in [3.05, 3.63) is 146 Å². The molecule has 0 amide bonds. The number of furan rings is 1. The van der Waals surface area contributed by atoms with E-state index >= 15 is 0 Å². The first-order chi connectivity index (χ1) is 22.3. The molecule has 0 saturated heterocycles. The van der Waals surface area contributed by atoms with Crippen LogP contribution >= 0.6 is 0 Å². The molecule has 0 unspecified atom stereocenters. The Labute approximate surface area is 257 Å². The lowest BCUT2D eigenvalue weighted by Crippen LogP contribution is -1.95. The maximum absolute atomic E-state index is 6.61. The molecule has 0 spiro atoms. The Morgan fingerprint density at radius 1 is 0.311 bits per heavy atom. The summed E-state index contributed by atoms with van der Waals surface area (Å²) in [4.78, 5) is 0.